The molecule has 0 spiro atoms. The van der Waals surface area contributed by atoms with Gasteiger partial charge in [0.1, 0.15) is 0 Å². The van der Waals surface area contributed by atoms with Crippen molar-refractivity contribution in [2.24, 2.45) is 0 Å². The molecule has 0 radical (unpaired) electrons. The number of hydrogen-bond donors (Lipinski definition) is 2. The van der Waals surface area contributed by atoms with Gasteiger partial charge in [-0.2, -0.15) is 0 Å². The second-order valence-corrected chi connectivity index (χ2v) is 4.76. The van der Waals surface area contributed by atoms with Crippen LogP contribution in [0.1, 0.15) is 29.6 Å². The van der Waals surface area contributed by atoms with Gasteiger partial charge < -0.3 is 15.3 Å². The average molecular weight is 246 g/mol. The van der Waals surface area contributed by atoms with Crippen molar-refractivity contribution in [1.82, 2.24) is 0 Å². The van der Waals surface area contributed by atoms with Gasteiger partial charge in [-0.25, -0.2) is 4.79 Å². The number of nitrogens with zero attached hydrogens (tertiary/aromatic N) is 1. The lowest BCUT2D eigenvalue weighted by molar-refractivity contribution is -0.115. The first-order chi connectivity index (χ1) is 8.65. The van der Waals surface area contributed by atoms with Crippen LogP contribution >= 0.6 is 0 Å². The van der Waals surface area contributed by atoms with Crippen LogP contribution in [0.5, 0.6) is 0 Å². The molecule has 1 amide bonds. The van der Waals surface area contributed by atoms with E-state index in [1.807, 2.05) is 0 Å². The first-order valence-electron chi connectivity index (χ1n) is 6.09. The summed E-state index contributed by atoms with van der Waals surface area (Å²) in [7, 11) is 0. The molecule has 0 unspecified atom stereocenters. The molecule has 1 aliphatic carbocycles. The van der Waals surface area contributed by atoms with Crippen LogP contribution in [-0.2, 0) is 4.79 Å². The zero-order valence-electron chi connectivity index (χ0n) is 9.85. The predicted octanol–water partition coefficient (Wildman–Crippen LogP) is 1.70. The zero-order chi connectivity index (χ0) is 12.7. The van der Waals surface area contributed by atoms with E-state index in [0.717, 1.165) is 18.5 Å². The van der Waals surface area contributed by atoms with Crippen LogP contribution in [0.4, 0.5) is 11.4 Å². The fraction of sp³-hybridized carbons (Fsp3) is 0.385. The van der Waals surface area contributed by atoms with E-state index in [9.17, 15) is 9.59 Å². The molecule has 0 bridgehead atoms. The minimum Gasteiger partial charge on any atom is -0.478 e. The number of aromatic carboxylic acids is 1. The summed E-state index contributed by atoms with van der Waals surface area (Å²) in [4.78, 5) is 24.8. The van der Waals surface area contributed by atoms with Crippen molar-refractivity contribution < 1.29 is 14.7 Å². The second kappa shape index (κ2) is 4.01. The highest BCUT2D eigenvalue weighted by Crippen LogP contribution is 2.37. The highest BCUT2D eigenvalue weighted by Gasteiger charge is 2.32. The molecule has 0 saturated heterocycles. The van der Waals surface area contributed by atoms with Crippen molar-refractivity contribution in [3.8, 4) is 0 Å². The summed E-state index contributed by atoms with van der Waals surface area (Å²) >= 11 is 0. The third-order valence-corrected chi connectivity index (χ3v) is 3.39. The summed E-state index contributed by atoms with van der Waals surface area (Å²) < 4.78 is 0. The van der Waals surface area contributed by atoms with E-state index in [-0.39, 0.29) is 11.5 Å². The fourth-order valence-electron chi connectivity index (χ4n) is 2.34. The van der Waals surface area contributed by atoms with Crippen molar-refractivity contribution in [2.75, 3.05) is 16.8 Å². The Morgan fingerprint density at radius 3 is 2.83 bits per heavy atom. The first kappa shape index (κ1) is 11.1. The Kier molecular flexibility index (Phi) is 2.47. The Hall–Kier alpha value is -2.04. The number of benzene rings is 1. The molecule has 0 atom stereocenters. The summed E-state index contributed by atoms with van der Waals surface area (Å²) in [6.07, 6.45) is 2.75. The van der Waals surface area contributed by atoms with Crippen molar-refractivity contribution >= 4 is 23.3 Å². The maximum absolute atomic E-state index is 11.6. The number of carbonyl (C=O) groups excluding carboxylic acids is 1. The topological polar surface area (TPSA) is 69.6 Å². The normalized spacial score (nSPS) is 18.9. The number of rotatable bonds is 2. The van der Waals surface area contributed by atoms with Crippen molar-refractivity contribution in [2.45, 2.75) is 25.3 Å². The number of carboxylic acid groups (broad SMARTS) is 1. The van der Waals surface area contributed by atoms with Crippen LogP contribution in [0, 0.1) is 0 Å². The molecule has 1 heterocycles. The molecule has 5 heteroatoms. The van der Waals surface area contributed by atoms with Crippen molar-refractivity contribution in [1.29, 1.82) is 0 Å². The van der Waals surface area contributed by atoms with Crippen LogP contribution in [0.2, 0.25) is 0 Å². The van der Waals surface area contributed by atoms with Gasteiger partial charge in [0.25, 0.3) is 0 Å². The van der Waals surface area contributed by atoms with E-state index in [1.54, 1.807) is 12.1 Å². The van der Waals surface area contributed by atoms with Crippen molar-refractivity contribution in [3.05, 3.63) is 23.8 Å². The van der Waals surface area contributed by atoms with Gasteiger partial charge in [-0.15, -0.1) is 0 Å². The van der Waals surface area contributed by atoms with Gasteiger partial charge in [-0.3, -0.25) is 4.79 Å². The summed E-state index contributed by atoms with van der Waals surface area (Å²) in [5, 5.41) is 11.8. The van der Waals surface area contributed by atoms with Crippen LogP contribution in [0.25, 0.3) is 0 Å². The number of carboxylic acids is 1. The highest BCUT2D eigenvalue weighted by atomic mass is 16.4. The Labute approximate surface area is 104 Å². The highest BCUT2D eigenvalue weighted by molar-refractivity contribution is 5.99. The second-order valence-electron chi connectivity index (χ2n) is 4.76. The van der Waals surface area contributed by atoms with Gasteiger partial charge in [0.2, 0.25) is 5.91 Å². The molecular weight excluding hydrogens is 232 g/mol. The smallest absolute Gasteiger partial charge is 0.335 e. The lowest BCUT2D eigenvalue weighted by Gasteiger charge is -2.23. The van der Waals surface area contributed by atoms with Crippen molar-refractivity contribution in [3.63, 3.8) is 0 Å². The maximum Gasteiger partial charge on any atom is 0.335 e. The monoisotopic (exact) mass is 246 g/mol. The standard InChI is InChI=1S/C13H14N2O3/c16-12-5-6-15(9-2-3-9)11-4-1-8(13(17)18)7-10(11)14-12/h1,4,7,9H,2-3,5-6H2,(H,14,16)(H,17,18). The molecule has 5 nitrogen and oxygen atoms in total. The summed E-state index contributed by atoms with van der Waals surface area (Å²) in [6.45, 7) is 0.704. The Morgan fingerprint density at radius 2 is 2.17 bits per heavy atom. The van der Waals surface area contributed by atoms with E-state index in [0.29, 0.717) is 24.7 Å². The number of amides is 1. The quantitative estimate of drug-likeness (QED) is 0.833. The third-order valence-electron chi connectivity index (χ3n) is 3.39. The lowest BCUT2D eigenvalue weighted by atomic mass is 10.1. The zero-order valence-corrected chi connectivity index (χ0v) is 9.85. The number of anilines is 2. The summed E-state index contributed by atoms with van der Waals surface area (Å²) in [5.74, 6) is -1.03. The molecule has 1 saturated carbocycles. The number of nitrogens with one attached hydrogen (secondary N) is 1. The van der Waals surface area contributed by atoms with Gasteiger partial charge in [0.15, 0.2) is 0 Å². The SMILES string of the molecule is O=C1CCN(C2CC2)c2ccc(C(=O)O)cc2N1. The largest absolute Gasteiger partial charge is 0.478 e. The summed E-state index contributed by atoms with van der Waals surface area (Å²) in [5.41, 5.74) is 1.75. The van der Waals surface area contributed by atoms with E-state index in [4.69, 9.17) is 5.11 Å². The van der Waals surface area contributed by atoms with Crippen LogP contribution in [-0.4, -0.2) is 29.6 Å². The fourth-order valence-corrected chi connectivity index (χ4v) is 2.34. The average Bonchev–Trinajstić information content (AvgIpc) is 3.13. The van der Waals surface area contributed by atoms with E-state index in [2.05, 4.69) is 10.2 Å². The van der Waals surface area contributed by atoms with Gasteiger partial charge in [-0.1, -0.05) is 0 Å². The Balaban J connectivity index is 2.03. The van der Waals surface area contributed by atoms with Crippen LogP contribution in [0.15, 0.2) is 18.2 Å². The minimum atomic E-state index is -0.978. The van der Waals surface area contributed by atoms with Crippen LogP contribution < -0.4 is 10.2 Å². The molecule has 2 N–H and O–H groups in total. The minimum absolute atomic E-state index is 0.0538. The van der Waals surface area contributed by atoms with E-state index in [1.165, 1.54) is 6.07 Å². The molecular formula is C13H14N2O3. The van der Waals surface area contributed by atoms with Gasteiger partial charge in [0, 0.05) is 19.0 Å². The molecule has 94 valence electrons. The molecule has 3 rings (SSSR count). The predicted molar refractivity (Wildman–Crippen MR) is 67.0 cm³/mol. The Morgan fingerprint density at radius 1 is 1.39 bits per heavy atom. The number of hydrogen-bond acceptors (Lipinski definition) is 3. The molecule has 18 heavy (non-hydrogen) atoms. The van der Waals surface area contributed by atoms with Gasteiger partial charge in [0.05, 0.1) is 16.9 Å². The third kappa shape index (κ3) is 1.92. The van der Waals surface area contributed by atoms with Crippen LogP contribution in [0.3, 0.4) is 0 Å². The lowest BCUT2D eigenvalue weighted by Crippen LogP contribution is -2.26. The molecule has 1 aromatic rings. The first-order valence-corrected chi connectivity index (χ1v) is 6.09. The summed E-state index contributed by atoms with van der Waals surface area (Å²) in [6, 6.07) is 5.43. The molecule has 2 aliphatic rings. The molecule has 1 aromatic carbocycles. The maximum atomic E-state index is 11.6. The molecule has 0 aromatic heterocycles. The van der Waals surface area contributed by atoms with E-state index >= 15 is 0 Å². The van der Waals surface area contributed by atoms with Gasteiger partial charge in [-0.05, 0) is 31.0 Å². The number of carbonyl (C=O) groups is 2. The van der Waals surface area contributed by atoms with Gasteiger partial charge >= 0.3 is 5.97 Å². The molecule has 1 fully saturated rings. The number of fused-ring (bicyclic) bond motifs is 1. The van der Waals surface area contributed by atoms with E-state index < -0.39 is 5.97 Å². The Bertz CT molecular complexity index is 523. The molecule has 1 aliphatic heterocycles.